The Morgan fingerprint density at radius 1 is 1.16 bits per heavy atom. The normalized spacial score (nSPS) is 24.8. The highest BCUT2D eigenvalue weighted by Crippen LogP contribution is 2.33. The zero-order chi connectivity index (χ0) is 30.8. The summed E-state index contributed by atoms with van der Waals surface area (Å²) in [6, 6.07) is 6.09. The van der Waals surface area contributed by atoms with Crippen LogP contribution in [-0.4, -0.2) is 103 Å². The molecule has 3 aliphatic heterocycles. The minimum atomic E-state index is -3.37. The lowest BCUT2D eigenvalue weighted by molar-refractivity contribution is -0.155. The molecule has 0 spiro atoms. The number of carbonyl (C=O) groups is 3. The monoisotopic (exact) mass is 645 g/mol. The Morgan fingerprint density at radius 2 is 1.95 bits per heavy atom. The number of thiazole rings is 1. The van der Waals surface area contributed by atoms with Crippen LogP contribution >= 0.6 is 11.3 Å². The van der Waals surface area contributed by atoms with E-state index in [9.17, 15) is 22.8 Å². The Hall–Kier alpha value is -3.40. The predicted octanol–water partition coefficient (Wildman–Crippen LogP) is 1.97. The maximum Gasteiger partial charge on any atom is 0.306 e. The third-order valence-corrected chi connectivity index (χ3v) is 11.3. The minimum Gasteiger partial charge on any atom is -0.452 e. The molecule has 3 atom stereocenters. The van der Waals surface area contributed by atoms with Gasteiger partial charge in [0.05, 0.1) is 23.4 Å². The second-order valence-electron chi connectivity index (χ2n) is 11.5. The number of nitrogens with zero attached hydrogens (tertiary/aromatic N) is 4. The SMILES string of the molecule is C[C@H]1CN(Cc2cnc(NC(=O)/C(=N/O[C@@H]3CCOC3)c3ccc(S(=O)(=O)C4CC4)cc3)s2)CCN1C(=O)[C@H]1CCC(=O)O1. The molecule has 1 aliphatic carbocycles. The van der Waals surface area contributed by atoms with E-state index in [1.165, 1.54) is 23.5 Å². The molecular formula is C29H35N5O8S2. The average Bonchev–Trinajstić information content (AvgIpc) is 3.33. The molecule has 2 aromatic rings. The number of sulfone groups is 1. The van der Waals surface area contributed by atoms with Crippen molar-refractivity contribution in [3.8, 4) is 0 Å². The summed E-state index contributed by atoms with van der Waals surface area (Å²) in [6.07, 6.45) is 3.46. The first-order valence-corrected chi connectivity index (χ1v) is 17.2. The predicted molar refractivity (Wildman–Crippen MR) is 160 cm³/mol. The van der Waals surface area contributed by atoms with Crippen LogP contribution in [0.5, 0.6) is 0 Å². The van der Waals surface area contributed by atoms with E-state index in [0.717, 1.165) is 4.88 Å². The van der Waals surface area contributed by atoms with Crippen LogP contribution in [0.4, 0.5) is 5.13 Å². The third-order valence-electron chi connectivity index (χ3n) is 8.12. The molecule has 13 nitrogen and oxygen atoms in total. The van der Waals surface area contributed by atoms with Gasteiger partial charge in [0.1, 0.15) is 0 Å². The summed E-state index contributed by atoms with van der Waals surface area (Å²) in [7, 11) is -3.37. The number of esters is 1. The number of oxime groups is 1. The Kier molecular flexibility index (Phi) is 8.98. The van der Waals surface area contributed by atoms with Crippen LogP contribution in [0, 0.1) is 0 Å². The molecule has 1 aromatic heterocycles. The van der Waals surface area contributed by atoms with Crippen molar-refractivity contribution in [2.24, 2.45) is 5.16 Å². The van der Waals surface area contributed by atoms with E-state index in [0.29, 0.717) is 75.8 Å². The van der Waals surface area contributed by atoms with Gasteiger partial charge in [0, 0.05) is 68.1 Å². The highest BCUT2D eigenvalue weighted by Gasteiger charge is 2.38. The Morgan fingerprint density at radius 3 is 2.61 bits per heavy atom. The lowest BCUT2D eigenvalue weighted by atomic mass is 10.1. The van der Waals surface area contributed by atoms with Crippen LogP contribution in [-0.2, 0) is 45.1 Å². The standard InChI is InChI=1S/C29H35N5O8S2/c1-18-15-33(11-12-34(18)28(37)24-8-9-25(35)41-24)16-21-14-30-29(43-21)31-27(36)26(32-42-20-10-13-40-17-20)19-2-4-22(5-3-19)44(38,39)23-6-7-23/h2-5,14,18,20,23-24H,6-13,15-17H2,1H3,(H,30,31,36)/b32-26+/t18-,20+,24+/m0/s1. The highest BCUT2D eigenvalue weighted by molar-refractivity contribution is 7.92. The van der Waals surface area contributed by atoms with Crippen molar-refractivity contribution in [2.75, 3.05) is 38.2 Å². The van der Waals surface area contributed by atoms with Crippen molar-refractivity contribution in [2.45, 2.75) is 74.0 Å². The molecule has 0 unspecified atom stereocenters. The van der Waals surface area contributed by atoms with Gasteiger partial charge in [0.2, 0.25) is 0 Å². The van der Waals surface area contributed by atoms with E-state index in [1.54, 1.807) is 23.2 Å². The molecule has 2 amide bonds. The quantitative estimate of drug-likeness (QED) is 0.230. The van der Waals surface area contributed by atoms with Crippen LogP contribution in [0.25, 0.3) is 0 Å². The number of hydrogen-bond acceptors (Lipinski definition) is 12. The summed E-state index contributed by atoms with van der Waals surface area (Å²) >= 11 is 1.34. The van der Waals surface area contributed by atoms with Crippen LogP contribution < -0.4 is 5.32 Å². The van der Waals surface area contributed by atoms with E-state index in [1.807, 2.05) is 6.92 Å². The molecule has 3 saturated heterocycles. The van der Waals surface area contributed by atoms with E-state index >= 15 is 0 Å². The topological polar surface area (TPSA) is 157 Å². The smallest absolute Gasteiger partial charge is 0.306 e. The van der Waals surface area contributed by atoms with Crippen molar-refractivity contribution in [3.05, 3.63) is 40.9 Å². The van der Waals surface area contributed by atoms with E-state index < -0.39 is 21.8 Å². The lowest BCUT2D eigenvalue weighted by Gasteiger charge is -2.40. The van der Waals surface area contributed by atoms with Crippen molar-refractivity contribution >= 4 is 49.8 Å². The number of nitrogens with one attached hydrogen (secondary N) is 1. The van der Waals surface area contributed by atoms with Crippen molar-refractivity contribution < 1.29 is 37.1 Å². The second kappa shape index (κ2) is 12.9. The van der Waals surface area contributed by atoms with Gasteiger partial charge in [-0.3, -0.25) is 24.6 Å². The fourth-order valence-corrected chi connectivity index (χ4v) is 8.03. The summed E-state index contributed by atoms with van der Waals surface area (Å²) < 4.78 is 35.8. The van der Waals surface area contributed by atoms with E-state index in [2.05, 4.69) is 20.4 Å². The van der Waals surface area contributed by atoms with Gasteiger partial charge in [-0.25, -0.2) is 13.4 Å². The Labute approximate surface area is 259 Å². The fraction of sp³-hybridized carbons (Fsp3) is 0.552. The second-order valence-corrected chi connectivity index (χ2v) is 14.9. The first kappa shape index (κ1) is 30.6. The maximum absolute atomic E-state index is 13.4. The van der Waals surface area contributed by atoms with Crippen LogP contribution in [0.1, 0.15) is 49.5 Å². The molecule has 1 aromatic carbocycles. The number of anilines is 1. The molecule has 15 heteroatoms. The molecule has 1 saturated carbocycles. The summed E-state index contributed by atoms with van der Waals surface area (Å²) in [4.78, 5) is 52.8. The first-order chi connectivity index (χ1) is 21.2. The molecule has 4 fully saturated rings. The highest BCUT2D eigenvalue weighted by atomic mass is 32.2. The number of rotatable bonds is 10. The van der Waals surface area contributed by atoms with Gasteiger partial charge in [-0.05, 0) is 31.9 Å². The molecule has 0 radical (unpaired) electrons. The molecule has 4 heterocycles. The average molecular weight is 646 g/mol. The number of aromatic nitrogens is 1. The fourth-order valence-electron chi connectivity index (χ4n) is 5.53. The first-order valence-electron chi connectivity index (χ1n) is 14.8. The lowest BCUT2D eigenvalue weighted by Crippen LogP contribution is -2.55. The summed E-state index contributed by atoms with van der Waals surface area (Å²) in [5.74, 6) is -0.989. The van der Waals surface area contributed by atoms with Gasteiger partial charge in [0.25, 0.3) is 11.8 Å². The van der Waals surface area contributed by atoms with Crippen molar-refractivity contribution in [3.63, 3.8) is 0 Å². The summed E-state index contributed by atoms with van der Waals surface area (Å²) in [6.45, 7) is 5.34. The number of ether oxygens (including phenoxy) is 2. The van der Waals surface area contributed by atoms with Crippen molar-refractivity contribution in [1.82, 2.24) is 14.8 Å². The summed E-state index contributed by atoms with van der Waals surface area (Å²) in [5, 5.41) is 7.02. The van der Waals surface area contributed by atoms with Crippen LogP contribution in [0.3, 0.4) is 0 Å². The number of benzene rings is 1. The van der Waals surface area contributed by atoms with Gasteiger partial charge in [0.15, 0.2) is 32.9 Å². The number of cyclic esters (lactones) is 1. The van der Waals surface area contributed by atoms with E-state index in [-0.39, 0.29) is 46.3 Å². The molecule has 0 bridgehead atoms. The third kappa shape index (κ3) is 6.95. The van der Waals surface area contributed by atoms with Gasteiger partial charge >= 0.3 is 5.97 Å². The number of hydrogen-bond donors (Lipinski definition) is 1. The molecule has 236 valence electrons. The maximum atomic E-state index is 13.4. The number of amides is 2. The molecule has 1 N–H and O–H groups in total. The Balaban J connectivity index is 1.08. The van der Waals surface area contributed by atoms with E-state index in [4.69, 9.17) is 14.3 Å². The molecule has 4 aliphatic rings. The van der Waals surface area contributed by atoms with Crippen LogP contribution in [0.2, 0.25) is 0 Å². The van der Waals surface area contributed by atoms with Gasteiger partial charge < -0.3 is 19.2 Å². The van der Waals surface area contributed by atoms with Gasteiger partial charge in [-0.2, -0.15) is 0 Å². The zero-order valence-corrected chi connectivity index (χ0v) is 26.0. The molecule has 6 rings (SSSR count). The molecule has 44 heavy (non-hydrogen) atoms. The van der Waals surface area contributed by atoms with Gasteiger partial charge in [-0.15, -0.1) is 11.3 Å². The number of piperazine rings is 1. The Bertz CT molecular complexity index is 1530. The number of carbonyl (C=O) groups excluding carboxylic acids is 3. The largest absolute Gasteiger partial charge is 0.452 e. The minimum absolute atomic E-state index is 0.00609. The summed E-state index contributed by atoms with van der Waals surface area (Å²) in [5.41, 5.74) is 0.424. The zero-order valence-electron chi connectivity index (χ0n) is 24.3. The van der Waals surface area contributed by atoms with Gasteiger partial charge in [-0.1, -0.05) is 17.3 Å². The molecular weight excluding hydrogens is 610 g/mol. The van der Waals surface area contributed by atoms with Crippen LogP contribution in [0.15, 0.2) is 40.5 Å². The van der Waals surface area contributed by atoms with Crippen molar-refractivity contribution in [1.29, 1.82) is 0 Å².